The molecule has 2 aromatic rings. The van der Waals surface area contributed by atoms with Gasteiger partial charge in [0.15, 0.2) is 5.16 Å². The molecule has 0 amide bonds. The zero-order chi connectivity index (χ0) is 17.2. The molecule has 0 saturated carbocycles. The average molecular weight is 355 g/mol. The Balaban J connectivity index is 1.64. The second kappa shape index (κ2) is 6.84. The Kier molecular flexibility index (Phi) is 4.79. The Morgan fingerprint density at radius 2 is 1.62 bits per heavy atom. The third kappa shape index (κ3) is 3.72. The average Bonchev–Trinajstić information content (AvgIpc) is 2.61. The van der Waals surface area contributed by atoms with Crippen LogP contribution < -0.4 is 9.80 Å². The van der Waals surface area contributed by atoms with Gasteiger partial charge in [0, 0.05) is 38.6 Å². The van der Waals surface area contributed by atoms with Crippen molar-refractivity contribution in [1.29, 1.82) is 0 Å². The second-order valence-electron chi connectivity index (χ2n) is 5.28. The summed E-state index contributed by atoms with van der Waals surface area (Å²) in [4.78, 5) is 16.7. The number of rotatable bonds is 3. The molecule has 1 aliphatic heterocycles. The minimum absolute atomic E-state index is 0.565. The molecule has 1 fully saturated rings. The molecule has 3 heterocycles. The van der Waals surface area contributed by atoms with Crippen molar-refractivity contribution in [3.63, 3.8) is 0 Å². The van der Waals surface area contributed by atoms with Gasteiger partial charge in [-0.3, -0.25) is 0 Å². The summed E-state index contributed by atoms with van der Waals surface area (Å²) in [6.45, 7) is 2.81. The van der Waals surface area contributed by atoms with E-state index in [2.05, 4.69) is 19.9 Å². The molecule has 0 radical (unpaired) electrons. The van der Waals surface area contributed by atoms with Gasteiger partial charge in [0.2, 0.25) is 0 Å². The largest absolute Gasteiger partial charge is 0.417 e. The lowest BCUT2D eigenvalue weighted by atomic mass is 10.2. The topological polar surface area (TPSA) is 45.2 Å². The van der Waals surface area contributed by atoms with Gasteiger partial charge in [-0.2, -0.15) is 13.2 Å². The van der Waals surface area contributed by atoms with E-state index in [1.54, 1.807) is 6.20 Å². The quantitative estimate of drug-likeness (QED) is 0.623. The fourth-order valence-electron chi connectivity index (χ4n) is 2.51. The van der Waals surface area contributed by atoms with Crippen molar-refractivity contribution in [2.75, 3.05) is 42.2 Å². The first kappa shape index (κ1) is 16.8. The van der Waals surface area contributed by atoms with Crippen LogP contribution in [0.5, 0.6) is 0 Å². The number of alkyl halides is 3. The van der Waals surface area contributed by atoms with Crippen LogP contribution in [0.15, 0.2) is 35.7 Å². The van der Waals surface area contributed by atoms with E-state index in [0.717, 1.165) is 36.3 Å². The van der Waals surface area contributed by atoms with Crippen molar-refractivity contribution in [2.45, 2.75) is 11.3 Å². The summed E-state index contributed by atoms with van der Waals surface area (Å²) in [6.07, 6.45) is 0.189. The van der Waals surface area contributed by atoms with E-state index in [1.165, 1.54) is 17.8 Å². The molecule has 2 aromatic heterocycles. The normalized spacial score (nSPS) is 15.7. The highest BCUT2D eigenvalue weighted by Gasteiger charge is 2.31. The van der Waals surface area contributed by atoms with Crippen LogP contribution in [0.2, 0.25) is 0 Å². The van der Waals surface area contributed by atoms with E-state index in [9.17, 15) is 13.2 Å². The number of pyridine rings is 1. The lowest BCUT2D eigenvalue weighted by Gasteiger charge is -2.36. The van der Waals surface area contributed by atoms with Gasteiger partial charge in [-0.1, -0.05) is 11.8 Å². The SMILES string of the molecule is CSc1nccc(N2CCN(c3ccc(C(F)(F)F)cn3)CC2)n1. The lowest BCUT2D eigenvalue weighted by Crippen LogP contribution is -2.47. The minimum atomic E-state index is -4.35. The molecular weight excluding hydrogens is 339 g/mol. The van der Waals surface area contributed by atoms with Gasteiger partial charge in [-0.25, -0.2) is 15.0 Å². The molecule has 24 heavy (non-hydrogen) atoms. The van der Waals surface area contributed by atoms with Crippen LogP contribution >= 0.6 is 11.8 Å². The van der Waals surface area contributed by atoms with Crippen LogP contribution in [0, 0.1) is 0 Å². The highest BCUT2D eigenvalue weighted by Crippen LogP contribution is 2.29. The predicted octanol–water partition coefficient (Wildman–Crippen LogP) is 2.94. The van der Waals surface area contributed by atoms with Gasteiger partial charge >= 0.3 is 6.18 Å². The first-order chi connectivity index (χ1) is 11.5. The van der Waals surface area contributed by atoms with Crippen LogP contribution in [0.3, 0.4) is 0 Å². The molecule has 0 spiro atoms. The van der Waals surface area contributed by atoms with Crippen molar-refractivity contribution < 1.29 is 13.2 Å². The highest BCUT2D eigenvalue weighted by molar-refractivity contribution is 7.98. The van der Waals surface area contributed by atoms with Crippen molar-refractivity contribution in [3.8, 4) is 0 Å². The predicted molar refractivity (Wildman–Crippen MR) is 87.5 cm³/mol. The van der Waals surface area contributed by atoms with Crippen molar-refractivity contribution >= 4 is 23.4 Å². The Morgan fingerprint density at radius 1 is 0.958 bits per heavy atom. The van der Waals surface area contributed by atoms with Gasteiger partial charge in [0.1, 0.15) is 11.6 Å². The maximum Gasteiger partial charge on any atom is 0.417 e. The summed E-state index contributed by atoms with van der Waals surface area (Å²) in [5.41, 5.74) is -0.726. The Labute approximate surface area is 141 Å². The number of aromatic nitrogens is 3. The molecule has 1 aliphatic rings. The molecular formula is C15H16F3N5S. The Morgan fingerprint density at radius 3 is 2.17 bits per heavy atom. The van der Waals surface area contributed by atoms with E-state index in [1.807, 2.05) is 17.2 Å². The number of anilines is 2. The number of hydrogen-bond donors (Lipinski definition) is 0. The molecule has 0 unspecified atom stereocenters. The maximum absolute atomic E-state index is 12.6. The van der Waals surface area contributed by atoms with Crippen LogP contribution in [0.1, 0.15) is 5.56 Å². The van der Waals surface area contributed by atoms with Gasteiger partial charge in [-0.05, 0) is 24.5 Å². The molecule has 0 aromatic carbocycles. The molecule has 1 saturated heterocycles. The molecule has 9 heteroatoms. The third-order valence-electron chi connectivity index (χ3n) is 3.80. The first-order valence-electron chi connectivity index (χ1n) is 7.37. The molecule has 0 atom stereocenters. The van der Waals surface area contributed by atoms with E-state index in [4.69, 9.17) is 0 Å². The minimum Gasteiger partial charge on any atom is -0.353 e. The van der Waals surface area contributed by atoms with E-state index in [-0.39, 0.29) is 0 Å². The number of thioether (sulfide) groups is 1. The monoisotopic (exact) mass is 355 g/mol. The standard InChI is InChI=1S/C15H16F3N5S/c1-24-14-19-5-4-13(21-14)23-8-6-22(7-9-23)12-3-2-11(10-20-12)15(16,17)18/h2-5,10H,6-9H2,1H3. The van der Waals surface area contributed by atoms with Gasteiger partial charge in [-0.15, -0.1) is 0 Å². The number of hydrogen-bond acceptors (Lipinski definition) is 6. The molecule has 128 valence electrons. The van der Waals surface area contributed by atoms with E-state index in [0.29, 0.717) is 18.9 Å². The smallest absolute Gasteiger partial charge is 0.353 e. The van der Waals surface area contributed by atoms with E-state index >= 15 is 0 Å². The summed E-state index contributed by atoms with van der Waals surface area (Å²) in [5.74, 6) is 1.43. The van der Waals surface area contributed by atoms with Crippen LogP contribution in [0.4, 0.5) is 24.8 Å². The van der Waals surface area contributed by atoms with Crippen molar-refractivity contribution in [3.05, 3.63) is 36.2 Å². The zero-order valence-corrected chi connectivity index (χ0v) is 13.8. The molecule has 0 aliphatic carbocycles. The Hall–Kier alpha value is -2.03. The molecule has 0 N–H and O–H groups in total. The molecule has 3 rings (SSSR count). The number of piperazine rings is 1. The van der Waals surface area contributed by atoms with Crippen LogP contribution in [-0.2, 0) is 6.18 Å². The lowest BCUT2D eigenvalue weighted by molar-refractivity contribution is -0.137. The highest BCUT2D eigenvalue weighted by atomic mass is 32.2. The first-order valence-corrected chi connectivity index (χ1v) is 8.60. The second-order valence-corrected chi connectivity index (χ2v) is 6.05. The maximum atomic E-state index is 12.6. The summed E-state index contributed by atoms with van der Waals surface area (Å²) in [7, 11) is 0. The summed E-state index contributed by atoms with van der Waals surface area (Å²) >= 11 is 1.49. The van der Waals surface area contributed by atoms with E-state index < -0.39 is 11.7 Å². The Bertz CT molecular complexity index is 684. The van der Waals surface area contributed by atoms with Crippen molar-refractivity contribution in [2.24, 2.45) is 0 Å². The van der Waals surface area contributed by atoms with Gasteiger partial charge in [0.05, 0.1) is 5.56 Å². The van der Waals surface area contributed by atoms with Gasteiger partial charge in [0.25, 0.3) is 0 Å². The van der Waals surface area contributed by atoms with Gasteiger partial charge < -0.3 is 9.80 Å². The number of halogens is 3. The molecule has 5 nitrogen and oxygen atoms in total. The fraction of sp³-hybridized carbons (Fsp3) is 0.400. The number of nitrogens with zero attached hydrogens (tertiary/aromatic N) is 5. The summed E-state index contributed by atoms with van der Waals surface area (Å²) < 4.78 is 37.8. The fourth-order valence-corrected chi connectivity index (χ4v) is 2.86. The van der Waals surface area contributed by atoms with Crippen molar-refractivity contribution in [1.82, 2.24) is 15.0 Å². The third-order valence-corrected chi connectivity index (χ3v) is 4.37. The summed E-state index contributed by atoms with van der Waals surface area (Å²) in [6, 6.07) is 4.37. The van der Waals surface area contributed by atoms with Crippen LogP contribution in [0.25, 0.3) is 0 Å². The molecule has 0 bridgehead atoms. The zero-order valence-electron chi connectivity index (χ0n) is 13.0. The summed E-state index contributed by atoms with van der Waals surface area (Å²) in [5, 5.41) is 0.722. The van der Waals surface area contributed by atoms with Crippen LogP contribution in [-0.4, -0.2) is 47.4 Å².